The Hall–Kier alpha value is -2.63. The van der Waals surface area contributed by atoms with Gasteiger partial charge in [0.25, 0.3) is 11.5 Å². The van der Waals surface area contributed by atoms with Crippen LogP contribution in [-0.4, -0.2) is 40.3 Å². The minimum absolute atomic E-state index is 0.00959. The monoisotopic (exact) mass is 381 g/mol. The maximum atomic E-state index is 12.5. The molecule has 2 heterocycles. The van der Waals surface area contributed by atoms with Crippen LogP contribution < -0.4 is 10.3 Å². The lowest BCUT2D eigenvalue weighted by Crippen LogP contribution is -2.43. The van der Waals surface area contributed by atoms with Gasteiger partial charge in [-0.1, -0.05) is 6.07 Å². The SMILES string of the molecule is Cc1cc(C)cc(OCC(=O)N2CCC(n3nc(C4CC4)ccc3=O)CC2)c1. The van der Waals surface area contributed by atoms with E-state index in [1.165, 1.54) is 12.8 Å². The number of piperidine rings is 1. The zero-order valence-electron chi connectivity index (χ0n) is 16.6. The number of nitrogens with zero attached hydrogens (tertiary/aromatic N) is 3. The number of aryl methyl sites for hydroxylation is 2. The first-order valence-corrected chi connectivity index (χ1v) is 10.1. The minimum Gasteiger partial charge on any atom is -0.484 e. The number of ether oxygens (including phenoxy) is 1. The summed E-state index contributed by atoms with van der Waals surface area (Å²) in [6, 6.07) is 9.52. The molecular weight excluding hydrogens is 354 g/mol. The van der Waals surface area contributed by atoms with Crippen LogP contribution in [0.25, 0.3) is 0 Å². The molecule has 2 aromatic rings. The van der Waals surface area contributed by atoms with Gasteiger partial charge in [-0.3, -0.25) is 9.59 Å². The van der Waals surface area contributed by atoms with Crippen molar-refractivity contribution in [3.05, 3.63) is 57.5 Å². The molecule has 1 aromatic carbocycles. The molecule has 0 unspecified atom stereocenters. The molecule has 2 aliphatic rings. The first-order chi connectivity index (χ1) is 13.5. The van der Waals surface area contributed by atoms with Gasteiger partial charge in [-0.2, -0.15) is 5.10 Å². The average Bonchev–Trinajstić information content (AvgIpc) is 3.51. The van der Waals surface area contributed by atoms with Crippen molar-refractivity contribution in [3.8, 4) is 5.75 Å². The van der Waals surface area contributed by atoms with E-state index in [1.54, 1.807) is 10.7 Å². The van der Waals surface area contributed by atoms with E-state index in [2.05, 4.69) is 11.2 Å². The van der Waals surface area contributed by atoms with Crippen molar-refractivity contribution in [3.63, 3.8) is 0 Å². The summed E-state index contributed by atoms with van der Waals surface area (Å²) in [4.78, 5) is 26.6. The van der Waals surface area contributed by atoms with E-state index < -0.39 is 0 Å². The minimum atomic E-state index is -0.0488. The van der Waals surface area contributed by atoms with Gasteiger partial charge in [0.05, 0.1) is 11.7 Å². The van der Waals surface area contributed by atoms with Gasteiger partial charge in [0, 0.05) is 25.1 Å². The van der Waals surface area contributed by atoms with Crippen molar-refractivity contribution >= 4 is 5.91 Å². The predicted molar refractivity (Wildman–Crippen MR) is 107 cm³/mol. The van der Waals surface area contributed by atoms with Gasteiger partial charge in [0.2, 0.25) is 0 Å². The molecule has 148 valence electrons. The Bertz CT molecular complexity index is 905. The third-order valence-electron chi connectivity index (χ3n) is 5.56. The van der Waals surface area contributed by atoms with Crippen LogP contribution in [0.3, 0.4) is 0 Å². The molecule has 1 saturated carbocycles. The van der Waals surface area contributed by atoms with E-state index in [4.69, 9.17) is 4.74 Å². The second kappa shape index (κ2) is 7.78. The molecule has 1 amide bonds. The van der Waals surface area contributed by atoms with Crippen LogP contribution in [0, 0.1) is 13.8 Å². The van der Waals surface area contributed by atoms with E-state index in [1.807, 2.05) is 36.9 Å². The van der Waals surface area contributed by atoms with Gasteiger partial charge in [-0.25, -0.2) is 4.68 Å². The molecule has 6 heteroatoms. The number of aromatic nitrogens is 2. The quantitative estimate of drug-likeness (QED) is 0.799. The Kier molecular flexibility index (Phi) is 5.20. The van der Waals surface area contributed by atoms with Crippen LogP contribution in [0.5, 0.6) is 5.75 Å². The summed E-state index contributed by atoms with van der Waals surface area (Å²) in [5.74, 6) is 1.24. The molecule has 6 nitrogen and oxygen atoms in total. The predicted octanol–water partition coefficient (Wildman–Crippen LogP) is 2.98. The number of carbonyl (C=O) groups is 1. The van der Waals surface area contributed by atoms with Crippen molar-refractivity contribution in [2.75, 3.05) is 19.7 Å². The van der Waals surface area contributed by atoms with Crippen molar-refractivity contribution in [2.24, 2.45) is 0 Å². The fourth-order valence-electron chi connectivity index (χ4n) is 3.91. The van der Waals surface area contributed by atoms with Crippen LogP contribution in [0.1, 0.15) is 54.5 Å². The normalized spacial score (nSPS) is 17.6. The summed E-state index contributed by atoms with van der Waals surface area (Å²) in [5.41, 5.74) is 3.22. The van der Waals surface area contributed by atoms with Gasteiger partial charge < -0.3 is 9.64 Å². The largest absolute Gasteiger partial charge is 0.484 e. The highest BCUT2D eigenvalue weighted by atomic mass is 16.5. The second-order valence-electron chi connectivity index (χ2n) is 8.04. The van der Waals surface area contributed by atoms with E-state index in [0.717, 1.165) is 35.4 Å². The molecular formula is C22H27N3O3. The van der Waals surface area contributed by atoms with Crippen LogP contribution in [0.2, 0.25) is 0 Å². The third kappa shape index (κ3) is 4.26. The number of carbonyl (C=O) groups excluding carboxylic acids is 1. The Labute approximate surface area is 165 Å². The highest BCUT2D eigenvalue weighted by molar-refractivity contribution is 5.77. The van der Waals surface area contributed by atoms with Crippen LogP contribution in [-0.2, 0) is 4.79 Å². The van der Waals surface area contributed by atoms with Crippen molar-refractivity contribution < 1.29 is 9.53 Å². The number of hydrogen-bond acceptors (Lipinski definition) is 4. The molecule has 0 spiro atoms. The Morgan fingerprint density at radius 3 is 2.39 bits per heavy atom. The molecule has 1 aromatic heterocycles. The summed E-state index contributed by atoms with van der Waals surface area (Å²) in [6.07, 6.45) is 3.82. The lowest BCUT2D eigenvalue weighted by atomic mass is 10.1. The van der Waals surface area contributed by atoms with E-state index in [0.29, 0.717) is 19.0 Å². The summed E-state index contributed by atoms with van der Waals surface area (Å²) in [7, 11) is 0. The topological polar surface area (TPSA) is 64.4 Å². The van der Waals surface area contributed by atoms with Gasteiger partial charge in [-0.05, 0) is 68.9 Å². The molecule has 1 aliphatic carbocycles. The van der Waals surface area contributed by atoms with Crippen molar-refractivity contribution in [2.45, 2.75) is 51.5 Å². The number of likely N-dealkylation sites (tertiary alicyclic amines) is 1. The number of hydrogen-bond donors (Lipinski definition) is 0. The van der Waals surface area contributed by atoms with Gasteiger partial charge in [0.1, 0.15) is 5.75 Å². The summed E-state index contributed by atoms with van der Waals surface area (Å²) in [6.45, 7) is 5.33. The molecule has 1 saturated heterocycles. The maximum Gasteiger partial charge on any atom is 0.267 e. The van der Waals surface area contributed by atoms with Crippen molar-refractivity contribution in [1.82, 2.24) is 14.7 Å². The van der Waals surface area contributed by atoms with Gasteiger partial charge in [0.15, 0.2) is 6.61 Å². The number of rotatable bonds is 5. The van der Waals surface area contributed by atoms with Crippen molar-refractivity contribution in [1.29, 1.82) is 0 Å². The maximum absolute atomic E-state index is 12.5. The highest BCUT2D eigenvalue weighted by Crippen LogP contribution is 2.38. The Morgan fingerprint density at radius 1 is 1.07 bits per heavy atom. The van der Waals surface area contributed by atoms with E-state index in [9.17, 15) is 9.59 Å². The fourth-order valence-corrected chi connectivity index (χ4v) is 3.91. The molecule has 0 N–H and O–H groups in total. The zero-order valence-corrected chi connectivity index (χ0v) is 16.6. The number of benzene rings is 1. The lowest BCUT2D eigenvalue weighted by molar-refractivity contribution is -0.134. The highest BCUT2D eigenvalue weighted by Gasteiger charge is 2.28. The summed E-state index contributed by atoms with van der Waals surface area (Å²) < 4.78 is 7.34. The van der Waals surface area contributed by atoms with Crippen LogP contribution in [0.15, 0.2) is 35.1 Å². The molecule has 0 bridgehead atoms. The zero-order chi connectivity index (χ0) is 19.7. The third-order valence-corrected chi connectivity index (χ3v) is 5.56. The van der Waals surface area contributed by atoms with E-state index in [-0.39, 0.29) is 24.1 Å². The number of amides is 1. The molecule has 1 aliphatic heterocycles. The van der Waals surface area contributed by atoms with Crippen LogP contribution >= 0.6 is 0 Å². The molecule has 2 fully saturated rings. The summed E-state index contributed by atoms with van der Waals surface area (Å²) >= 11 is 0. The molecule has 4 rings (SSSR count). The van der Waals surface area contributed by atoms with Gasteiger partial charge in [-0.15, -0.1) is 0 Å². The average molecular weight is 381 g/mol. The Balaban J connectivity index is 1.33. The molecule has 0 atom stereocenters. The second-order valence-corrected chi connectivity index (χ2v) is 8.04. The van der Waals surface area contributed by atoms with Crippen LogP contribution in [0.4, 0.5) is 0 Å². The molecule has 28 heavy (non-hydrogen) atoms. The first kappa shape index (κ1) is 18.7. The lowest BCUT2D eigenvalue weighted by Gasteiger charge is -2.32. The Morgan fingerprint density at radius 2 is 1.75 bits per heavy atom. The fraction of sp³-hybridized carbons (Fsp3) is 0.500. The summed E-state index contributed by atoms with van der Waals surface area (Å²) in [5, 5.41) is 4.60. The molecule has 0 radical (unpaired) electrons. The first-order valence-electron chi connectivity index (χ1n) is 10.1. The smallest absolute Gasteiger partial charge is 0.267 e. The standard InChI is InChI=1S/C22H27N3O3/c1-15-11-16(2)13-19(12-15)28-14-22(27)24-9-7-18(8-10-24)25-21(26)6-5-20(23-25)17-3-4-17/h5-6,11-13,17-18H,3-4,7-10,14H2,1-2H3. The van der Waals surface area contributed by atoms with E-state index >= 15 is 0 Å². The van der Waals surface area contributed by atoms with Gasteiger partial charge >= 0.3 is 0 Å².